The molecule has 1 aliphatic rings. The molecule has 0 aliphatic carbocycles. The molecule has 0 saturated carbocycles. The first-order valence-electron chi connectivity index (χ1n) is 5.93. The molecular formula is C11H15ClN2O4S2. The third kappa shape index (κ3) is 3.50. The Morgan fingerprint density at radius 3 is 2.55 bits per heavy atom. The van der Waals surface area contributed by atoms with Crippen molar-refractivity contribution < 1.29 is 16.8 Å². The van der Waals surface area contributed by atoms with E-state index < -0.39 is 19.9 Å². The van der Waals surface area contributed by atoms with E-state index in [2.05, 4.69) is 10.0 Å². The van der Waals surface area contributed by atoms with Gasteiger partial charge in [-0.15, -0.1) is 0 Å². The maximum Gasteiger partial charge on any atom is 0.242 e. The van der Waals surface area contributed by atoms with Gasteiger partial charge in [0.05, 0.1) is 9.92 Å². The summed E-state index contributed by atoms with van der Waals surface area (Å²) in [5.41, 5.74) is 0. The standard InChI is InChI=1S/C11H15ClN2O4S2/c1-19(15,16)9-2-3-10(12)11(6-9)20(17,18)14-8-4-5-13-7-8/h2-3,6,8,13-14H,4-5,7H2,1H3. The van der Waals surface area contributed by atoms with E-state index in [9.17, 15) is 16.8 Å². The lowest BCUT2D eigenvalue weighted by molar-refractivity contribution is 0.560. The van der Waals surface area contributed by atoms with Crippen molar-refractivity contribution in [1.29, 1.82) is 0 Å². The summed E-state index contributed by atoms with van der Waals surface area (Å²) < 4.78 is 50.1. The van der Waals surface area contributed by atoms with Crippen LogP contribution in [0.15, 0.2) is 28.0 Å². The Morgan fingerprint density at radius 2 is 2.00 bits per heavy atom. The van der Waals surface area contributed by atoms with Gasteiger partial charge in [0.2, 0.25) is 10.0 Å². The first-order chi connectivity index (χ1) is 9.20. The van der Waals surface area contributed by atoms with Crippen LogP contribution in [-0.2, 0) is 19.9 Å². The van der Waals surface area contributed by atoms with Crippen LogP contribution in [0.5, 0.6) is 0 Å². The largest absolute Gasteiger partial charge is 0.315 e. The molecule has 1 aromatic rings. The first-order valence-corrected chi connectivity index (χ1v) is 9.68. The highest BCUT2D eigenvalue weighted by Crippen LogP contribution is 2.25. The normalized spacial score (nSPS) is 20.2. The quantitative estimate of drug-likeness (QED) is 0.828. The van der Waals surface area contributed by atoms with Crippen LogP contribution in [-0.4, -0.2) is 42.2 Å². The Labute approximate surface area is 123 Å². The van der Waals surface area contributed by atoms with Gasteiger partial charge in [0, 0.05) is 18.8 Å². The van der Waals surface area contributed by atoms with E-state index in [4.69, 9.17) is 11.6 Å². The molecule has 0 amide bonds. The molecule has 1 aliphatic heterocycles. The zero-order valence-electron chi connectivity index (χ0n) is 10.8. The van der Waals surface area contributed by atoms with Gasteiger partial charge in [0.1, 0.15) is 4.90 Å². The van der Waals surface area contributed by atoms with Crippen LogP contribution in [0.4, 0.5) is 0 Å². The van der Waals surface area contributed by atoms with Crippen LogP contribution in [0.25, 0.3) is 0 Å². The van der Waals surface area contributed by atoms with Crippen LogP contribution in [0, 0.1) is 0 Å². The van der Waals surface area contributed by atoms with E-state index in [-0.39, 0.29) is 20.9 Å². The highest BCUT2D eigenvalue weighted by Gasteiger charge is 2.25. The second-order valence-electron chi connectivity index (χ2n) is 4.68. The van der Waals surface area contributed by atoms with E-state index in [1.807, 2.05) is 0 Å². The molecule has 1 aromatic carbocycles. The van der Waals surface area contributed by atoms with Crippen LogP contribution < -0.4 is 10.0 Å². The Balaban J connectivity index is 2.40. The number of sulfonamides is 1. The molecule has 1 heterocycles. The average Bonchev–Trinajstić information content (AvgIpc) is 2.79. The van der Waals surface area contributed by atoms with Crippen molar-refractivity contribution in [3.05, 3.63) is 23.2 Å². The summed E-state index contributed by atoms with van der Waals surface area (Å²) in [5.74, 6) is 0. The van der Waals surface area contributed by atoms with Gasteiger partial charge in [-0.1, -0.05) is 11.6 Å². The Kier molecular flexibility index (Phi) is 4.41. The molecule has 1 unspecified atom stereocenters. The highest BCUT2D eigenvalue weighted by molar-refractivity contribution is 7.91. The monoisotopic (exact) mass is 338 g/mol. The molecule has 2 N–H and O–H groups in total. The van der Waals surface area contributed by atoms with Gasteiger partial charge in [-0.2, -0.15) is 0 Å². The van der Waals surface area contributed by atoms with Gasteiger partial charge in [-0.3, -0.25) is 0 Å². The molecule has 1 saturated heterocycles. The highest BCUT2D eigenvalue weighted by atomic mass is 35.5. The maximum absolute atomic E-state index is 12.3. The third-order valence-electron chi connectivity index (χ3n) is 3.00. The summed E-state index contributed by atoms with van der Waals surface area (Å²) >= 11 is 5.89. The third-order valence-corrected chi connectivity index (χ3v) is 6.11. The average molecular weight is 339 g/mol. The number of halogens is 1. The molecule has 1 atom stereocenters. The zero-order valence-corrected chi connectivity index (χ0v) is 13.1. The van der Waals surface area contributed by atoms with Gasteiger partial charge in [-0.05, 0) is 31.2 Å². The molecule has 6 nitrogen and oxygen atoms in total. The fourth-order valence-corrected chi connectivity index (χ4v) is 4.48. The lowest BCUT2D eigenvalue weighted by Crippen LogP contribution is -2.36. The Morgan fingerprint density at radius 1 is 1.30 bits per heavy atom. The molecule has 0 bridgehead atoms. The van der Waals surface area contributed by atoms with Crippen molar-refractivity contribution in [2.24, 2.45) is 0 Å². The van der Waals surface area contributed by atoms with Crippen molar-refractivity contribution in [3.63, 3.8) is 0 Å². The SMILES string of the molecule is CS(=O)(=O)c1ccc(Cl)c(S(=O)(=O)NC2CCNC2)c1. The summed E-state index contributed by atoms with van der Waals surface area (Å²) in [5, 5.41) is 3.04. The second-order valence-corrected chi connectivity index (χ2v) is 8.78. The summed E-state index contributed by atoms with van der Waals surface area (Å²) in [6.07, 6.45) is 1.70. The molecule has 9 heteroatoms. The van der Waals surface area contributed by atoms with E-state index in [0.717, 1.165) is 18.9 Å². The molecule has 1 fully saturated rings. The van der Waals surface area contributed by atoms with Crippen LogP contribution in [0.1, 0.15) is 6.42 Å². The maximum atomic E-state index is 12.3. The Hall–Kier alpha value is -0.670. The topological polar surface area (TPSA) is 92.3 Å². The van der Waals surface area contributed by atoms with Crippen molar-refractivity contribution >= 4 is 31.5 Å². The van der Waals surface area contributed by atoms with E-state index >= 15 is 0 Å². The van der Waals surface area contributed by atoms with Crippen molar-refractivity contribution in [3.8, 4) is 0 Å². The fourth-order valence-electron chi connectivity index (χ4n) is 1.96. The molecule has 20 heavy (non-hydrogen) atoms. The number of rotatable bonds is 4. The number of benzene rings is 1. The van der Waals surface area contributed by atoms with Crippen LogP contribution >= 0.6 is 11.6 Å². The smallest absolute Gasteiger partial charge is 0.242 e. The van der Waals surface area contributed by atoms with Crippen molar-refractivity contribution in [2.75, 3.05) is 19.3 Å². The van der Waals surface area contributed by atoms with E-state index in [1.165, 1.54) is 12.1 Å². The van der Waals surface area contributed by atoms with Gasteiger partial charge in [-0.25, -0.2) is 21.6 Å². The van der Waals surface area contributed by atoms with E-state index in [1.54, 1.807) is 0 Å². The lowest BCUT2D eigenvalue weighted by Gasteiger charge is -2.13. The molecular weight excluding hydrogens is 324 g/mol. The van der Waals surface area contributed by atoms with Crippen molar-refractivity contribution in [1.82, 2.24) is 10.0 Å². The predicted molar refractivity (Wildman–Crippen MR) is 76.2 cm³/mol. The molecule has 2 rings (SSSR count). The summed E-state index contributed by atoms with van der Waals surface area (Å²) in [7, 11) is -7.34. The summed E-state index contributed by atoms with van der Waals surface area (Å²) in [6, 6.07) is 3.44. The summed E-state index contributed by atoms with van der Waals surface area (Å²) in [4.78, 5) is -0.291. The van der Waals surface area contributed by atoms with Gasteiger partial charge in [0.25, 0.3) is 0 Å². The Bertz CT molecular complexity index is 710. The minimum absolute atomic E-state index is 0.00384. The molecule has 0 radical (unpaired) electrons. The molecule has 112 valence electrons. The number of hydrogen-bond acceptors (Lipinski definition) is 5. The van der Waals surface area contributed by atoms with Gasteiger partial charge in [0.15, 0.2) is 9.84 Å². The van der Waals surface area contributed by atoms with Crippen LogP contribution in [0.2, 0.25) is 5.02 Å². The van der Waals surface area contributed by atoms with Crippen molar-refractivity contribution in [2.45, 2.75) is 22.3 Å². The number of nitrogens with one attached hydrogen (secondary N) is 2. The number of hydrogen-bond donors (Lipinski definition) is 2. The fraction of sp³-hybridized carbons (Fsp3) is 0.455. The van der Waals surface area contributed by atoms with E-state index in [0.29, 0.717) is 13.0 Å². The van der Waals surface area contributed by atoms with Crippen LogP contribution in [0.3, 0.4) is 0 Å². The number of sulfone groups is 1. The van der Waals surface area contributed by atoms with Gasteiger partial charge < -0.3 is 5.32 Å². The first kappa shape index (κ1) is 15.7. The molecule has 0 aromatic heterocycles. The second kappa shape index (κ2) is 5.61. The zero-order chi connectivity index (χ0) is 15.0. The summed E-state index contributed by atoms with van der Waals surface area (Å²) in [6.45, 7) is 1.28. The minimum atomic E-state index is -3.84. The lowest BCUT2D eigenvalue weighted by atomic mass is 10.3. The predicted octanol–water partition coefficient (Wildman–Crippen LogP) is 0.384. The molecule has 0 spiro atoms. The minimum Gasteiger partial charge on any atom is -0.315 e. The van der Waals surface area contributed by atoms with Gasteiger partial charge >= 0.3 is 0 Å².